The van der Waals surface area contributed by atoms with Crippen molar-refractivity contribution in [2.24, 2.45) is 0 Å². The third-order valence-corrected chi connectivity index (χ3v) is 4.71. The number of nitrogens with zero attached hydrogens (tertiary/aromatic N) is 4. The van der Waals surface area contributed by atoms with Crippen molar-refractivity contribution in [2.45, 2.75) is 13.2 Å². The van der Waals surface area contributed by atoms with Gasteiger partial charge in [-0.05, 0) is 30.3 Å². The van der Waals surface area contributed by atoms with E-state index in [1.54, 1.807) is 10.9 Å². The van der Waals surface area contributed by atoms with Gasteiger partial charge in [-0.25, -0.2) is 4.98 Å². The number of benzene rings is 1. The molecule has 1 aromatic carbocycles. The van der Waals surface area contributed by atoms with E-state index in [2.05, 4.69) is 25.5 Å². The zero-order chi connectivity index (χ0) is 24.1. The molecule has 0 saturated heterocycles. The number of nitrogens with one attached hydrogen (secondary N) is 2. The summed E-state index contributed by atoms with van der Waals surface area (Å²) in [6, 6.07) is 9.43. The van der Waals surface area contributed by atoms with Crippen molar-refractivity contribution in [2.75, 3.05) is 19.0 Å². The molecule has 34 heavy (non-hydrogen) atoms. The number of hydrogen-bond acceptors (Lipinski definition) is 6. The number of halogens is 2. The number of anilines is 1. The summed E-state index contributed by atoms with van der Waals surface area (Å²) in [7, 11) is 1.26. The minimum atomic E-state index is -3.03. The molecule has 0 spiro atoms. The molecule has 12 heteroatoms. The van der Waals surface area contributed by atoms with Crippen molar-refractivity contribution in [3.8, 4) is 11.5 Å². The van der Waals surface area contributed by atoms with Crippen molar-refractivity contribution in [3.05, 3.63) is 72.4 Å². The number of carbonyl (C=O) groups excluding carboxylic acids is 2. The number of alkyl halides is 2. The number of methoxy groups -OCH3 is 1. The van der Waals surface area contributed by atoms with Crippen LogP contribution in [0.15, 0.2) is 61.2 Å². The normalized spacial score (nSPS) is 10.9. The van der Waals surface area contributed by atoms with E-state index in [1.807, 2.05) is 35.0 Å². The van der Waals surface area contributed by atoms with Gasteiger partial charge in [0, 0.05) is 24.2 Å². The Kier molecular flexibility index (Phi) is 6.67. The van der Waals surface area contributed by atoms with Crippen LogP contribution >= 0.6 is 0 Å². The van der Waals surface area contributed by atoms with Gasteiger partial charge in [-0.1, -0.05) is 6.07 Å². The van der Waals surface area contributed by atoms with Gasteiger partial charge in [0.1, 0.15) is 5.65 Å². The Morgan fingerprint density at radius 1 is 1.15 bits per heavy atom. The summed E-state index contributed by atoms with van der Waals surface area (Å²) in [4.78, 5) is 29.0. The lowest BCUT2D eigenvalue weighted by Gasteiger charge is -2.11. The van der Waals surface area contributed by atoms with Crippen molar-refractivity contribution >= 4 is 23.1 Å². The maximum atomic E-state index is 12.4. The first-order chi connectivity index (χ1) is 16.4. The highest BCUT2D eigenvalue weighted by Gasteiger charge is 2.15. The van der Waals surface area contributed by atoms with Crippen LogP contribution in [0.25, 0.3) is 5.65 Å². The summed E-state index contributed by atoms with van der Waals surface area (Å²) in [6.07, 6.45) is 6.93. The minimum absolute atomic E-state index is 0.0320. The molecule has 0 bridgehead atoms. The highest BCUT2D eigenvalue weighted by molar-refractivity contribution is 5.99. The molecule has 176 valence electrons. The molecule has 3 aromatic heterocycles. The molecule has 10 nitrogen and oxygen atoms in total. The molecule has 3 heterocycles. The predicted octanol–water partition coefficient (Wildman–Crippen LogP) is 2.56. The van der Waals surface area contributed by atoms with Gasteiger partial charge >= 0.3 is 6.61 Å². The van der Waals surface area contributed by atoms with Crippen LogP contribution in [0.4, 0.5) is 14.5 Å². The van der Waals surface area contributed by atoms with Crippen molar-refractivity contribution in [3.63, 3.8) is 0 Å². The fraction of sp³-hybridized carbons (Fsp3) is 0.182. The predicted molar refractivity (Wildman–Crippen MR) is 117 cm³/mol. The molecule has 2 amide bonds. The quantitative estimate of drug-likeness (QED) is 0.389. The summed E-state index contributed by atoms with van der Waals surface area (Å²) < 4.78 is 37.7. The average Bonchev–Trinajstić information content (AvgIpc) is 3.43. The second-order valence-corrected chi connectivity index (χ2v) is 7.10. The van der Waals surface area contributed by atoms with Gasteiger partial charge in [0.05, 0.1) is 37.8 Å². The molecule has 0 aliphatic rings. The molecule has 0 saturated carbocycles. The number of hydrogen-bond donors (Lipinski definition) is 2. The van der Waals surface area contributed by atoms with Crippen LogP contribution < -0.4 is 20.1 Å². The zero-order valence-electron chi connectivity index (χ0n) is 17.9. The first kappa shape index (κ1) is 22.7. The van der Waals surface area contributed by atoms with Crippen LogP contribution in [0.1, 0.15) is 16.1 Å². The van der Waals surface area contributed by atoms with Gasteiger partial charge in [-0.3, -0.25) is 14.3 Å². The van der Waals surface area contributed by atoms with Crippen LogP contribution in [0, 0.1) is 0 Å². The van der Waals surface area contributed by atoms with Crippen molar-refractivity contribution < 1.29 is 27.8 Å². The average molecular weight is 470 g/mol. The summed E-state index contributed by atoms with van der Waals surface area (Å²) in [5.41, 5.74) is 2.20. The Labute approximate surface area is 192 Å². The summed E-state index contributed by atoms with van der Waals surface area (Å²) in [6.45, 7) is -2.92. The van der Waals surface area contributed by atoms with Crippen molar-refractivity contribution in [1.29, 1.82) is 0 Å². The number of carbonyl (C=O) groups is 2. The Balaban J connectivity index is 1.30. The van der Waals surface area contributed by atoms with Gasteiger partial charge in [0.15, 0.2) is 11.5 Å². The SMILES string of the molecule is COc1cc(C(=O)NCC(=O)Nc2cnn(Cc3cn4ccccc4n3)c2)ccc1OC(F)F. The lowest BCUT2D eigenvalue weighted by atomic mass is 10.2. The Morgan fingerprint density at radius 2 is 2.00 bits per heavy atom. The van der Waals surface area contributed by atoms with E-state index in [1.165, 1.54) is 31.5 Å². The van der Waals surface area contributed by atoms with E-state index in [4.69, 9.17) is 4.74 Å². The molecule has 4 rings (SSSR count). The minimum Gasteiger partial charge on any atom is -0.493 e. The third-order valence-electron chi connectivity index (χ3n) is 4.71. The molecule has 4 aromatic rings. The van der Waals surface area contributed by atoms with E-state index in [0.717, 1.165) is 11.3 Å². The molecule has 0 unspecified atom stereocenters. The third kappa shape index (κ3) is 5.46. The van der Waals surface area contributed by atoms with Crippen molar-refractivity contribution in [1.82, 2.24) is 24.5 Å². The fourth-order valence-corrected chi connectivity index (χ4v) is 3.21. The number of pyridine rings is 1. The Hall–Kier alpha value is -4.48. The topological polar surface area (TPSA) is 112 Å². The molecule has 0 aliphatic carbocycles. The first-order valence-electron chi connectivity index (χ1n) is 10.1. The maximum absolute atomic E-state index is 12.4. The zero-order valence-corrected chi connectivity index (χ0v) is 17.9. The molecular formula is C22H20F2N6O4. The largest absolute Gasteiger partial charge is 0.493 e. The molecule has 0 radical (unpaired) electrons. The van der Waals surface area contributed by atoms with E-state index in [-0.39, 0.29) is 23.6 Å². The number of ether oxygens (including phenoxy) is 2. The number of rotatable bonds is 9. The highest BCUT2D eigenvalue weighted by atomic mass is 19.3. The Morgan fingerprint density at radius 3 is 2.76 bits per heavy atom. The van der Waals surface area contributed by atoms with Crippen LogP contribution in [-0.2, 0) is 11.3 Å². The van der Waals surface area contributed by atoms with Gasteiger partial charge in [-0.15, -0.1) is 0 Å². The molecule has 2 N–H and O–H groups in total. The van der Waals surface area contributed by atoms with Gasteiger partial charge in [0.25, 0.3) is 5.91 Å². The fourth-order valence-electron chi connectivity index (χ4n) is 3.21. The van der Waals surface area contributed by atoms with Crippen LogP contribution in [0.5, 0.6) is 11.5 Å². The molecular weight excluding hydrogens is 450 g/mol. The lowest BCUT2D eigenvalue weighted by Crippen LogP contribution is -2.32. The molecule has 0 aliphatic heterocycles. The van der Waals surface area contributed by atoms with E-state index >= 15 is 0 Å². The number of aromatic nitrogens is 4. The van der Waals surface area contributed by atoms with Gasteiger partial charge < -0.3 is 24.5 Å². The second kappa shape index (κ2) is 9.98. The van der Waals surface area contributed by atoms with E-state index in [9.17, 15) is 18.4 Å². The van der Waals surface area contributed by atoms with Gasteiger partial charge in [0.2, 0.25) is 5.91 Å². The molecule has 0 atom stereocenters. The summed E-state index contributed by atoms with van der Waals surface area (Å²) in [5.74, 6) is -1.28. The number of amides is 2. The Bertz CT molecular complexity index is 1290. The van der Waals surface area contributed by atoms with Crippen LogP contribution in [0.2, 0.25) is 0 Å². The van der Waals surface area contributed by atoms with Gasteiger partial charge in [-0.2, -0.15) is 13.9 Å². The van der Waals surface area contributed by atoms with Crippen LogP contribution in [-0.4, -0.2) is 51.2 Å². The summed E-state index contributed by atoms with van der Waals surface area (Å²) in [5, 5.41) is 9.31. The number of fused-ring (bicyclic) bond motifs is 1. The standard InChI is InChI=1S/C22H20F2N6O4/c1-33-18-8-14(5-6-17(18)34-22(23)24)21(32)25-10-20(31)28-15-9-26-30(12-15)13-16-11-29-7-3-2-4-19(29)27-16/h2-9,11-12,22H,10,13H2,1H3,(H,25,32)(H,28,31). The van der Waals surface area contributed by atoms with E-state index in [0.29, 0.717) is 12.2 Å². The smallest absolute Gasteiger partial charge is 0.387 e. The highest BCUT2D eigenvalue weighted by Crippen LogP contribution is 2.29. The monoisotopic (exact) mass is 470 g/mol. The van der Waals surface area contributed by atoms with Crippen LogP contribution in [0.3, 0.4) is 0 Å². The first-order valence-corrected chi connectivity index (χ1v) is 10.1. The molecule has 0 fully saturated rings. The summed E-state index contributed by atoms with van der Waals surface area (Å²) >= 11 is 0. The van der Waals surface area contributed by atoms with E-state index < -0.39 is 18.4 Å². The lowest BCUT2D eigenvalue weighted by molar-refractivity contribution is -0.115. The second-order valence-electron chi connectivity index (χ2n) is 7.10. The maximum Gasteiger partial charge on any atom is 0.387 e. The number of imidazole rings is 1.